The molecule has 0 unspecified atom stereocenters. The molecule has 2 aliphatic heterocycles. The summed E-state index contributed by atoms with van der Waals surface area (Å²) in [6, 6.07) is 5.48. The molecule has 5 heterocycles. The highest BCUT2D eigenvalue weighted by Crippen LogP contribution is 2.36. The Morgan fingerprint density at radius 1 is 1.00 bits per heavy atom. The quantitative estimate of drug-likeness (QED) is 0.447. The number of nitrogens with one attached hydrogen (secondary N) is 1. The summed E-state index contributed by atoms with van der Waals surface area (Å²) in [5.41, 5.74) is 1.43. The maximum absolute atomic E-state index is 13.2. The van der Waals surface area contributed by atoms with Crippen LogP contribution in [0.1, 0.15) is 82.2 Å². The normalized spacial score (nSPS) is 20.9. The Labute approximate surface area is 251 Å². The van der Waals surface area contributed by atoms with E-state index in [4.69, 9.17) is 9.72 Å². The van der Waals surface area contributed by atoms with Gasteiger partial charge in [-0.3, -0.25) is 14.5 Å². The topological polar surface area (TPSA) is 126 Å². The first kappa shape index (κ1) is 28.9. The average Bonchev–Trinajstić information content (AvgIpc) is 3.67. The van der Waals surface area contributed by atoms with Crippen LogP contribution in [-0.2, 0) is 9.53 Å². The summed E-state index contributed by atoms with van der Waals surface area (Å²) in [6.07, 6.45) is 9.19. The van der Waals surface area contributed by atoms with Crippen molar-refractivity contribution in [3.8, 4) is 0 Å². The van der Waals surface area contributed by atoms with Crippen molar-refractivity contribution in [1.82, 2.24) is 29.3 Å². The average molecular weight is 589 g/mol. The lowest BCUT2D eigenvalue weighted by molar-refractivity contribution is -0.119. The molecule has 43 heavy (non-hydrogen) atoms. The van der Waals surface area contributed by atoms with E-state index in [2.05, 4.69) is 19.9 Å². The highest BCUT2D eigenvalue weighted by Gasteiger charge is 2.44. The van der Waals surface area contributed by atoms with Crippen molar-refractivity contribution in [2.45, 2.75) is 89.4 Å². The number of anilines is 3. The van der Waals surface area contributed by atoms with Gasteiger partial charge < -0.3 is 24.4 Å². The summed E-state index contributed by atoms with van der Waals surface area (Å²) in [4.78, 5) is 58.1. The van der Waals surface area contributed by atoms with Crippen LogP contribution in [0.25, 0.3) is 11.0 Å². The molecular weight excluding hydrogens is 548 g/mol. The lowest BCUT2D eigenvalue weighted by Gasteiger charge is -2.31. The van der Waals surface area contributed by atoms with Gasteiger partial charge in [0.15, 0.2) is 0 Å². The van der Waals surface area contributed by atoms with Gasteiger partial charge in [0.1, 0.15) is 22.8 Å². The van der Waals surface area contributed by atoms with Gasteiger partial charge in [-0.25, -0.2) is 14.8 Å². The minimum absolute atomic E-state index is 0.0344. The van der Waals surface area contributed by atoms with Gasteiger partial charge in [-0.05, 0) is 64.7 Å². The zero-order valence-electron chi connectivity index (χ0n) is 25.5. The van der Waals surface area contributed by atoms with Gasteiger partial charge in [0, 0.05) is 50.7 Å². The number of rotatable bonds is 5. The molecule has 1 N–H and O–H groups in total. The number of hydrogen-bond donors (Lipinski definition) is 1. The van der Waals surface area contributed by atoms with Crippen LogP contribution in [0.2, 0.25) is 0 Å². The van der Waals surface area contributed by atoms with E-state index in [1.807, 2.05) is 32.9 Å². The molecule has 2 saturated heterocycles. The second-order valence-corrected chi connectivity index (χ2v) is 13.0. The highest BCUT2D eigenvalue weighted by molar-refractivity contribution is 5.98. The van der Waals surface area contributed by atoms with Crippen molar-refractivity contribution in [3.05, 3.63) is 36.3 Å². The molecule has 0 spiro atoms. The van der Waals surface area contributed by atoms with Crippen molar-refractivity contribution in [2.75, 3.05) is 30.9 Å². The Kier molecular flexibility index (Phi) is 7.47. The molecule has 3 aromatic heterocycles. The fourth-order valence-corrected chi connectivity index (χ4v) is 6.56. The Balaban J connectivity index is 1.21. The molecule has 3 aliphatic rings. The first-order valence-corrected chi connectivity index (χ1v) is 15.1. The van der Waals surface area contributed by atoms with Crippen molar-refractivity contribution >= 4 is 46.4 Å². The minimum atomic E-state index is -0.598. The zero-order valence-corrected chi connectivity index (χ0v) is 25.5. The van der Waals surface area contributed by atoms with Crippen LogP contribution in [0.5, 0.6) is 0 Å². The third-order valence-corrected chi connectivity index (χ3v) is 8.52. The number of carbonyl (C=O) groups excluding carboxylic acids is 3. The molecule has 6 rings (SSSR count). The number of nitrogens with zero attached hydrogens (tertiary/aromatic N) is 7. The molecule has 1 saturated carbocycles. The van der Waals surface area contributed by atoms with Crippen LogP contribution in [-0.4, -0.2) is 85.6 Å². The fourth-order valence-electron chi connectivity index (χ4n) is 6.56. The Morgan fingerprint density at radius 2 is 1.74 bits per heavy atom. The summed E-state index contributed by atoms with van der Waals surface area (Å²) in [5.74, 6) is 0.825. The molecule has 0 radical (unpaired) electrons. The predicted molar refractivity (Wildman–Crippen MR) is 162 cm³/mol. The fraction of sp³-hybridized carbons (Fsp3) is 0.548. The van der Waals surface area contributed by atoms with E-state index in [0.29, 0.717) is 29.7 Å². The SMILES string of the molecule is CN(C)C(=O)c1cc2cnc(Nc3ccc(N4C[C@H]5CC[C@@H](CC4=O)N5C(=O)OC(C)(C)C)cn3)nc2n1C1CCCC1. The van der Waals surface area contributed by atoms with E-state index in [1.54, 1.807) is 47.3 Å². The number of ether oxygens (including phenoxy) is 1. The van der Waals surface area contributed by atoms with E-state index in [9.17, 15) is 14.4 Å². The molecule has 228 valence electrons. The van der Waals surface area contributed by atoms with Gasteiger partial charge in [0.25, 0.3) is 5.91 Å². The molecule has 3 amide bonds. The van der Waals surface area contributed by atoms with Gasteiger partial charge in [-0.2, -0.15) is 4.98 Å². The number of carbonyl (C=O) groups is 3. The largest absolute Gasteiger partial charge is 0.444 e. The molecule has 2 atom stereocenters. The van der Waals surface area contributed by atoms with Gasteiger partial charge in [-0.15, -0.1) is 0 Å². The number of aromatic nitrogens is 4. The van der Waals surface area contributed by atoms with Crippen LogP contribution >= 0.6 is 0 Å². The maximum atomic E-state index is 13.2. The van der Waals surface area contributed by atoms with Crippen LogP contribution in [0.15, 0.2) is 30.6 Å². The van der Waals surface area contributed by atoms with Gasteiger partial charge in [0.05, 0.1) is 17.9 Å². The molecule has 1 aliphatic carbocycles. The van der Waals surface area contributed by atoms with Crippen LogP contribution in [0, 0.1) is 0 Å². The standard InChI is InChI=1S/C31H40N8O4/c1-31(2,3)43-30(42)38-21-10-11-23(38)18-37(26(40)15-21)22-12-13-25(32-17-22)34-29-33-16-19-14-24(28(41)36(4)5)39(27(19)35-29)20-8-6-7-9-20/h12-14,16-17,20-21,23H,6-11,15,18H2,1-5H3,(H,32,33,34,35)/t21-,23+/m0/s1. The highest BCUT2D eigenvalue weighted by atomic mass is 16.6. The molecule has 0 aromatic carbocycles. The summed E-state index contributed by atoms with van der Waals surface area (Å²) in [5, 5.41) is 4.00. The second-order valence-electron chi connectivity index (χ2n) is 13.0. The van der Waals surface area contributed by atoms with E-state index < -0.39 is 5.60 Å². The van der Waals surface area contributed by atoms with E-state index in [-0.39, 0.29) is 42.5 Å². The first-order valence-electron chi connectivity index (χ1n) is 15.1. The van der Waals surface area contributed by atoms with Crippen molar-refractivity contribution < 1.29 is 19.1 Å². The third-order valence-electron chi connectivity index (χ3n) is 8.52. The van der Waals surface area contributed by atoms with Crippen molar-refractivity contribution in [2.24, 2.45) is 0 Å². The third kappa shape index (κ3) is 5.74. The number of pyridine rings is 1. The molecule has 3 aromatic rings. The Bertz CT molecular complexity index is 1540. The van der Waals surface area contributed by atoms with E-state index >= 15 is 0 Å². The summed E-state index contributed by atoms with van der Waals surface area (Å²) in [6.45, 7) is 5.95. The Hall–Kier alpha value is -4.22. The lowest BCUT2D eigenvalue weighted by atomic mass is 10.1. The molecular formula is C31H40N8O4. The van der Waals surface area contributed by atoms with E-state index in [1.165, 1.54) is 0 Å². The minimum Gasteiger partial charge on any atom is -0.444 e. The summed E-state index contributed by atoms with van der Waals surface area (Å²) < 4.78 is 7.73. The molecule has 3 fully saturated rings. The summed E-state index contributed by atoms with van der Waals surface area (Å²) in [7, 11) is 3.52. The summed E-state index contributed by atoms with van der Waals surface area (Å²) >= 11 is 0. The van der Waals surface area contributed by atoms with E-state index in [0.717, 1.165) is 49.6 Å². The van der Waals surface area contributed by atoms with Crippen molar-refractivity contribution in [3.63, 3.8) is 0 Å². The van der Waals surface area contributed by atoms with Crippen molar-refractivity contribution in [1.29, 1.82) is 0 Å². The maximum Gasteiger partial charge on any atom is 0.410 e. The first-order chi connectivity index (χ1) is 20.5. The van der Waals surface area contributed by atoms with Gasteiger partial charge in [-0.1, -0.05) is 12.8 Å². The van der Waals surface area contributed by atoms with Crippen LogP contribution in [0.4, 0.5) is 22.2 Å². The van der Waals surface area contributed by atoms with Crippen LogP contribution < -0.4 is 10.2 Å². The second kappa shape index (κ2) is 11.1. The van der Waals surface area contributed by atoms with Gasteiger partial charge in [0.2, 0.25) is 11.9 Å². The zero-order chi connectivity index (χ0) is 30.5. The Morgan fingerprint density at radius 3 is 2.42 bits per heavy atom. The number of hydrogen-bond acceptors (Lipinski definition) is 8. The predicted octanol–water partition coefficient (Wildman–Crippen LogP) is 4.89. The van der Waals surface area contributed by atoms with Gasteiger partial charge >= 0.3 is 6.09 Å². The number of amides is 3. The lowest BCUT2D eigenvalue weighted by Crippen LogP contribution is -2.45. The molecule has 12 nitrogen and oxygen atoms in total. The molecule has 2 bridgehead atoms. The smallest absolute Gasteiger partial charge is 0.410 e. The number of fused-ring (bicyclic) bond motifs is 3. The van der Waals surface area contributed by atoms with Crippen LogP contribution in [0.3, 0.4) is 0 Å². The molecule has 12 heteroatoms. The monoisotopic (exact) mass is 588 g/mol.